The van der Waals surface area contributed by atoms with Crippen LogP contribution in [-0.4, -0.2) is 64.3 Å². The molecule has 10 nitrogen and oxygen atoms in total. The fraction of sp³-hybridized carbons (Fsp3) is 0.462. The number of nitrogens with zero attached hydrogens (tertiary/aromatic N) is 4. The van der Waals surface area contributed by atoms with Gasteiger partial charge in [0.25, 0.3) is 10.0 Å². The average Bonchev–Trinajstić information content (AvgIpc) is 2.88. The van der Waals surface area contributed by atoms with Crippen molar-refractivity contribution in [2.75, 3.05) is 18.4 Å². The van der Waals surface area contributed by atoms with Gasteiger partial charge >= 0.3 is 11.9 Å². The fourth-order valence-corrected chi connectivity index (χ4v) is 5.44. The lowest BCUT2D eigenvalue weighted by atomic mass is 9.99. The first-order valence-corrected chi connectivity index (χ1v) is 14.3. The molecule has 0 saturated carbocycles. The number of sulfonamides is 1. The highest BCUT2D eigenvalue weighted by Gasteiger charge is 2.35. The van der Waals surface area contributed by atoms with Crippen LogP contribution in [0.2, 0.25) is 0 Å². The second-order valence-electron chi connectivity index (χ2n) is 10.6. The lowest BCUT2D eigenvalue weighted by molar-refractivity contribution is 0.0508. The lowest BCUT2D eigenvalue weighted by Crippen LogP contribution is -2.44. The highest BCUT2D eigenvalue weighted by Crippen LogP contribution is 2.31. The second-order valence-corrected chi connectivity index (χ2v) is 12.5. The van der Waals surface area contributed by atoms with Gasteiger partial charge in [-0.1, -0.05) is 0 Å². The van der Waals surface area contributed by atoms with E-state index in [1.165, 1.54) is 12.3 Å². The second kappa shape index (κ2) is 11.7. The van der Waals surface area contributed by atoms with E-state index in [2.05, 4.69) is 25.6 Å². The number of alkyl carbamates (subject to hydrolysis) is 1. The van der Waals surface area contributed by atoms with Gasteiger partial charge in [-0.05, 0) is 64.3 Å². The van der Waals surface area contributed by atoms with Crippen molar-refractivity contribution in [1.29, 1.82) is 0 Å². The van der Waals surface area contributed by atoms with Gasteiger partial charge in [-0.3, -0.25) is 4.98 Å². The van der Waals surface area contributed by atoms with Crippen molar-refractivity contribution >= 4 is 33.0 Å². The van der Waals surface area contributed by atoms with E-state index >= 15 is 4.39 Å². The highest BCUT2D eigenvalue weighted by molar-refractivity contribution is 7.89. The molecule has 2 N–H and O–H groups in total. The number of carbonyl (C=O) groups is 1. The molecule has 1 aromatic carbocycles. The summed E-state index contributed by atoms with van der Waals surface area (Å²) in [6, 6.07) is 3.24. The van der Waals surface area contributed by atoms with Gasteiger partial charge in [0.2, 0.25) is 5.95 Å². The molecule has 1 aliphatic heterocycles. The van der Waals surface area contributed by atoms with Crippen LogP contribution in [-0.2, 0) is 14.8 Å². The zero-order valence-electron chi connectivity index (χ0n) is 22.8. The Bertz CT molecular complexity index is 1540. The van der Waals surface area contributed by atoms with E-state index in [1.807, 2.05) is 0 Å². The molecule has 1 unspecified atom stereocenters. The number of aromatic nitrogens is 3. The predicted molar refractivity (Wildman–Crippen MR) is 144 cm³/mol. The Morgan fingerprint density at radius 2 is 1.80 bits per heavy atom. The molecule has 1 amide bonds. The minimum Gasteiger partial charge on any atom is -0.444 e. The number of anilines is 1. The first-order valence-electron chi connectivity index (χ1n) is 12.8. The monoisotopic (exact) mass is 598 g/mol. The summed E-state index contributed by atoms with van der Waals surface area (Å²) in [4.78, 5) is 24.6. The summed E-state index contributed by atoms with van der Waals surface area (Å²) in [7, 11) is -4.67. The van der Waals surface area contributed by atoms with Crippen LogP contribution in [0.15, 0.2) is 30.6 Å². The van der Waals surface area contributed by atoms with E-state index in [0.29, 0.717) is 10.9 Å². The molecule has 1 aliphatic rings. The third-order valence-electron chi connectivity index (χ3n) is 6.42. The first-order chi connectivity index (χ1) is 19.2. The Morgan fingerprint density at radius 3 is 2.44 bits per heavy atom. The number of ether oxygens (including phenoxy) is 1. The molecule has 0 spiro atoms. The number of piperidine rings is 1. The number of pyridine rings is 1. The largest absolute Gasteiger partial charge is 0.444 e. The number of nitrogens with one attached hydrogen (secondary N) is 2. The molecule has 3 aromatic rings. The predicted octanol–water partition coefficient (Wildman–Crippen LogP) is 4.98. The zero-order chi connectivity index (χ0) is 30.1. The Kier molecular flexibility index (Phi) is 8.68. The summed E-state index contributed by atoms with van der Waals surface area (Å²) in [5, 5.41) is 6.01. The number of hydrogen-bond donors (Lipinski definition) is 2. The molecule has 0 bridgehead atoms. The molecule has 1 atom stereocenters. The van der Waals surface area contributed by atoms with E-state index in [4.69, 9.17) is 4.74 Å². The number of amides is 1. The summed E-state index contributed by atoms with van der Waals surface area (Å²) in [5.74, 6) is -5.05. The number of rotatable bonds is 7. The Morgan fingerprint density at radius 1 is 1.12 bits per heavy atom. The number of alkyl halides is 2. The van der Waals surface area contributed by atoms with Crippen molar-refractivity contribution in [3.05, 3.63) is 47.8 Å². The van der Waals surface area contributed by atoms with Gasteiger partial charge in [0.1, 0.15) is 22.6 Å². The van der Waals surface area contributed by atoms with Gasteiger partial charge in [-0.2, -0.15) is 13.1 Å². The van der Waals surface area contributed by atoms with Crippen LogP contribution in [0.3, 0.4) is 0 Å². The molecule has 2 aromatic heterocycles. The first kappa shape index (κ1) is 30.4. The van der Waals surface area contributed by atoms with Crippen molar-refractivity contribution in [2.45, 2.75) is 64.0 Å². The van der Waals surface area contributed by atoms with E-state index in [-0.39, 0.29) is 54.7 Å². The van der Waals surface area contributed by atoms with Crippen LogP contribution in [0.1, 0.15) is 52.1 Å². The van der Waals surface area contributed by atoms with Gasteiger partial charge < -0.3 is 15.4 Å². The fourth-order valence-electron chi connectivity index (χ4n) is 4.50. The summed E-state index contributed by atoms with van der Waals surface area (Å²) in [5.41, 5.74) is -0.305. The van der Waals surface area contributed by atoms with Crippen LogP contribution in [0, 0.1) is 11.6 Å². The van der Waals surface area contributed by atoms with Crippen molar-refractivity contribution in [3.8, 4) is 11.3 Å². The number of hydrogen-bond acceptors (Lipinski definition) is 8. The molecule has 3 heterocycles. The third kappa shape index (κ3) is 7.01. The van der Waals surface area contributed by atoms with Crippen LogP contribution in [0.25, 0.3) is 22.2 Å². The summed E-state index contributed by atoms with van der Waals surface area (Å²) in [6.45, 7) is 6.61. The number of benzene rings is 1. The van der Waals surface area contributed by atoms with Gasteiger partial charge in [0.15, 0.2) is 5.82 Å². The topological polar surface area (TPSA) is 126 Å². The number of fused-ring (bicyclic) bond motifs is 1. The maximum atomic E-state index is 15.2. The number of carbonyl (C=O) groups excluding carboxylic acids is 1. The normalized spacial score (nSPS) is 16.1. The molecule has 41 heavy (non-hydrogen) atoms. The highest BCUT2D eigenvalue weighted by atomic mass is 32.2. The molecule has 1 saturated heterocycles. The maximum Gasteiger partial charge on any atom is 0.408 e. The van der Waals surface area contributed by atoms with Gasteiger partial charge in [0.05, 0.1) is 12.2 Å². The number of halogens is 4. The molecule has 0 aliphatic carbocycles. The molecule has 4 rings (SSSR count). The van der Waals surface area contributed by atoms with E-state index in [0.717, 1.165) is 16.6 Å². The van der Waals surface area contributed by atoms with Crippen molar-refractivity contribution in [1.82, 2.24) is 24.6 Å². The van der Waals surface area contributed by atoms with Gasteiger partial charge in [-0.25, -0.2) is 32.0 Å². The lowest BCUT2D eigenvalue weighted by Gasteiger charge is -2.31. The standard InChI is InChI=1S/C26H30F4N6O4S/c1-14(33-25(37)40-26(2,3)4)17-5-8-31-22-18(17)11-15(12-19(22)27)21-20(28)13-32-24(35-21)34-16-6-9-36(10-7-16)41(38,39)23(29)30/h5,8,11-14,16,23H,6-7,9-10H2,1-4H3,(H,33,37)(H,32,34,35). The Balaban J connectivity index is 1.59. The molecular weight excluding hydrogens is 568 g/mol. The molecular formula is C26H30F4N6O4S. The minimum absolute atomic E-state index is 0.00319. The molecule has 15 heteroatoms. The van der Waals surface area contributed by atoms with Gasteiger partial charge in [-0.15, -0.1) is 0 Å². The van der Waals surface area contributed by atoms with Crippen LogP contribution in [0.4, 0.5) is 28.3 Å². The van der Waals surface area contributed by atoms with Crippen LogP contribution >= 0.6 is 0 Å². The zero-order valence-corrected chi connectivity index (χ0v) is 23.6. The van der Waals surface area contributed by atoms with Crippen molar-refractivity contribution in [2.24, 2.45) is 0 Å². The Labute approximate surface area is 234 Å². The summed E-state index contributed by atoms with van der Waals surface area (Å²) >= 11 is 0. The van der Waals surface area contributed by atoms with Gasteiger partial charge in [0, 0.05) is 36.3 Å². The quantitative estimate of drug-likeness (QED) is 0.365. The summed E-state index contributed by atoms with van der Waals surface area (Å²) in [6.07, 6.45) is 2.05. The van der Waals surface area contributed by atoms with E-state index in [1.54, 1.807) is 33.8 Å². The minimum atomic E-state index is -4.67. The Hall–Kier alpha value is -3.59. The third-order valence-corrected chi connectivity index (χ3v) is 7.96. The SMILES string of the molecule is CC(NC(=O)OC(C)(C)C)c1ccnc2c(F)cc(-c3nc(NC4CCN(S(=O)(=O)C(F)F)CC4)ncc3F)cc12. The molecule has 0 radical (unpaired) electrons. The summed E-state index contributed by atoms with van der Waals surface area (Å²) < 4.78 is 85.2. The van der Waals surface area contributed by atoms with Crippen molar-refractivity contribution in [3.63, 3.8) is 0 Å². The molecule has 1 fully saturated rings. The molecule has 222 valence electrons. The van der Waals surface area contributed by atoms with Crippen LogP contribution < -0.4 is 10.6 Å². The maximum absolute atomic E-state index is 15.2. The van der Waals surface area contributed by atoms with Crippen LogP contribution in [0.5, 0.6) is 0 Å². The average molecular weight is 599 g/mol. The van der Waals surface area contributed by atoms with Crippen molar-refractivity contribution < 1.29 is 35.5 Å². The van der Waals surface area contributed by atoms with E-state index in [9.17, 15) is 26.4 Å². The van der Waals surface area contributed by atoms with E-state index < -0.39 is 45.2 Å². The smallest absolute Gasteiger partial charge is 0.408 e.